The van der Waals surface area contributed by atoms with Gasteiger partial charge in [-0.15, -0.1) is 0 Å². The number of aromatic nitrogens is 4. The number of nitrogens with zero attached hydrogens (tertiary/aromatic N) is 5. The molecule has 0 saturated heterocycles. The molecule has 4 rings (SSSR count). The first-order valence-electron chi connectivity index (χ1n) is 10.2. The molecule has 28 heavy (non-hydrogen) atoms. The van der Waals surface area contributed by atoms with E-state index in [4.69, 9.17) is 4.98 Å². The van der Waals surface area contributed by atoms with Crippen molar-refractivity contribution < 1.29 is 0 Å². The maximum Gasteiger partial charge on any atom is 0.128 e. The van der Waals surface area contributed by atoms with E-state index in [-0.39, 0.29) is 0 Å². The van der Waals surface area contributed by atoms with E-state index in [1.165, 1.54) is 33.8 Å². The quantitative estimate of drug-likeness (QED) is 0.657. The van der Waals surface area contributed by atoms with Gasteiger partial charge in [0, 0.05) is 80.3 Å². The second-order valence-corrected chi connectivity index (χ2v) is 7.81. The predicted molar refractivity (Wildman–Crippen MR) is 111 cm³/mol. The van der Waals surface area contributed by atoms with Gasteiger partial charge >= 0.3 is 0 Å². The van der Waals surface area contributed by atoms with Gasteiger partial charge in [-0.05, 0) is 43.5 Å². The number of fused-ring (bicyclic) bond motifs is 1. The molecule has 0 aliphatic carbocycles. The van der Waals surface area contributed by atoms with Gasteiger partial charge in [0.1, 0.15) is 5.82 Å². The van der Waals surface area contributed by atoms with Crippen molar-refractivity contribution in [1.29, 1.82) is 0 Å². The van der Waals surface area contributed by atoms with Crippen LogP contribution in [0.15, 0.2) is 36.8 Å². The molecule has 0 fully saturated rings. The largest absolute Gasteiger partial charge is 0.344 e. The first kappa shape index (κ1) is 18.8. The van der Waals surface area contributed by atoms with Crippen LogP contribution >= 0.6 is 0 Å². The monoisotopic (exact) mass is 375 g/mol. The third-order valence-electron chi connectivity index (χ3n) is 5.67. The molecule has 5 heteroatoms. The van der Waals surface area contributed by atoms with Gasteiger partial charge in [0.25, 0.3) is 0 Å². The molecule has 3 aromatic heterocycles. The Balaban J connectivity index is 1.47. The fourth-order valence-corrected chi connectivity index (χ4v) is 4.09. The summed E-state index contributed by atoms with van der Waals surface area (Å²) in [5.74, 6) is 0.994. The molecule has 0 radical (unpaired) electrons. The van der Waals surface area contributed by atoms with Crippen LogP contribution in [0.4, 0.5) is 0 Å². The summed E-state index contributed by atoms with van der Waals surface area (Å²) in [5, 5.41) is 0. The maximum absolute atomic E-state index is 4.78. The smallest absolute Gasteiger partial charge is 0.128 e. The Kier molecular flexibility index (Phi) is 5.53. The first-order valence-corrected chi connectivity index (χ1v) is 10.2. The van der Waals surface area contributed by atoms with Crippen LogP contribution in [0.25, 0.3) is 0 Å². The molecule has 0 N–H and O–H groups in total. The molecule has 0 spiro atoms. The molecular weight excluding hydrogens is 346 g/mol. The molecule has 0 unspecified atom stereocenters. The summed E-state index contributed by atoms with van der Waals surface area (Å²) in [4.78, 5) is 16.1. The number of aryl methyl sites for hydroxylation is 2. The van der Waals surface area contributed by atoms with Crippen LogP contribution in [0.1, 0.15) is 52.9 Å². The number of hydrogen-bond donors (Lipinski definition) is 0. The zero-order valence-electron chi connectivity index (χ0n) is 17.1. The van der Waals surface area contributed by atoms with Crippen LogP contribution in [-0.2, 0) is 32.5 Å². The van der Waals surface area contributed by atoms with Crippen LogP contribution in [0.5, 0.6) is 0 Å². The predicted octanol–water partition coefficient (Wildman–Crippen LogP) is 3.85. The first-order chi connectivity index (χ1) is 13.6. The van der Waals surface area contributed by atoms with Crippen LogP contribution in [0.2, 0.25) is 0 Å². The van der Waals surface area contributed by atoms with Gasteiger partial charge in [0.2, 0.25) is 0 Å². The van der Waals surface area contributed by atoms with E-state index in [1.807, 2.05) is 24.7 Å². The average molecular weight is 376 g/mol. The van der Waals surface area contributed by atoms with Crippen molar-refractivity contribution in [2.45, 2.75) is 59.7 Å². The Labute approximate surface area is 167 Å². The van der Waals surface area contributed by atoms with Gasteiger partial charge in [-0.2, -0.15) is 0 Å². The summed E-state index contributed by atoms with van der Waals surface area (Å²) in [6.45, 7) is 10.5. The summed E-state index contributed by atoms with van der Waals surface area (Å²) in [6.07, 6.45) is 8.91. The van der Waals surface area contributed by atoms with Gasteiger partial charge in [0.15, 0.2) is 0 Å². The van der Waals surface area contributed by atoms with E-state index in [0.29, 0.717) is 0 Å². The fraction of sp³-hybridized carbons (Fsp3) is 0.435. The molecule has 0 amide bonds. The molecule has 0 saturated carbocycles. The molecule has 1 aliphatic heterocycles. The number of pyridine rings is 1. The van der Waals surface area contributed by atoms with E-state index in [0.717, 1.165) is 51.3 Å². The highest BCUT2D eigenvalue weighted by Gasteiger charge is 2.20. The lowest BCUT2D eigenvalue weighted by Crippen LogP contribution is -2.31. The molecule has 3 aromatic rings. The second kappa shape index (κ2) is 8.23. The van der Waals surface area contributed by atoms with Gasteiger partial charge in [0.05, 0.1) is 0 Å². The highest BCUT2D eigenvalue weighted by atomic mass is 15.1. The Morgan fingerprint density at radius 3 is 2.82 bits per heavy atom. The van der Waals surface area contributed by atoms with E-state index < -0.39 is 0 Å². The van der Waals surface area contributed by atoms with Crippen LogP contribution in [0, 0.1) is 13.8 Å². The van der Waals surface area contributed by atoms with Crippen molar-refractivity contribution in [3.63, 3.8) is 0 Å². The minimum Gasteiger partial charge on any atom is -0.344 e. The van der Waals surface area contributed by atoms with Crippen molar-refractivity contribution in [2.24, 2.45) is 0 Å². The van der Waals surface area contributed by atoms with Crippen LogP contribution in [-0.4, -0.2) is 31.0 Å². The van der Waals surface area contributed by atoms with E-state index in [1.54, 1.807) is 0 Å². The van der Waals surface area contributed by atoms with Gasteiger partial charge in [-0.25, -0.2) is 9.97 Å². The highest BCUT2D eigenvalue weighted by Crippen LogP contribution is 2.23. The van der Waals surface area contributed by atoms with E-state index >= 15 is 0 Å². The van der Waals surface area contributed by atoms with Crippen molar-refractivity contribution in [3.8, 4) is 0 Å². The van der Waals surface area contributed by atoms with Crippen LogP contribution < -0.4 is 0 Å². The van der Waals surface area contributed by atoms with Crippen molar-refractivity contribution in [1.82, 2.24) is 24.4 Å². The summed E-state index contributed by atoms with van der Waals surface area (Å²) in [7, 11) is 0. The maximum atomic E-state index is 4.78. The zero-order valence-corrected chi connectivity index (χ0v) is 17.1. The van der Waals surface area contributed by atoms with Crippen molar-refractivity contribution >= 4 is 0 Å². The van der Waals surface area contributed by atoms with Crippen LogP contribution in [0.3, 0.4) is 0 Å². The Hall–Kier alpha value is -2.53. The Bertz CT molecular complexity index is 945. The molecule has 5 nitrogen and oxygen atoms in total. The van der Waals surface area contributed by atoms with Gasteiger partial charge in [-0.3, -0.25) is 9.88 Å². The summed E-state index contributed by atoms with van der Waals surface area (Å²) < 4.78 is 2.39. The molecule has 146 valence electrons. The molecule has 0 aromatic carbocycles. The van der Waals surface area contributed by atoms with E-state index in [9.17, 15) is 0 Å². The third kappa shape index (κ3) is 3.99. The standard InChI is InChI=1S/C23H29N5/c1-4-6-23-25-13-21-16-27(10-8-22(21)26-23)15-20-11-17(2)28(18(20)3)14-19-7-5-9-24-12-19/h5,7,9,11-13H,4,6,8,10,14-16H2,1-3H3. The third-order valence-corrected chi connectivity index (χ3v) is 5.67. The normalized spacial score (nSPS) is 14.2. The summed E-state index contributed by atoms with van der Waals surface area (Å²) in [6, 6.07) is 6.48. The molecule has 0 atom stereocenters. The number of hydrogen-bond acceptors (Lipinski definition) is 4. The minimum atomic E-state index is 0.877. The summed E-state index contributed by atoms with van der Waals surface area (Å²) >= 11 is 0. The lowest BCUT2D eigenvalue weighted by molar-refractivity contribution is 0.242. The lowest BCUT2D eigenvalue weighted by Gasteiger charge is -2.28. The number of rotatable bonds is 6. The van der Waals surface area contributed by atoms with E-state index in [2.05, 4.69) is 52.3 Å². The topological polar surface area (TPSA) is 46.8 Å². The lowest BCUT2D eigenvalue weighted by atomic mass is 10.1. The average Bonchev–Trinajstić information content (AvgIpc) is 2.96. The molecular formula is C23H29N5. The Morgan fingerprint density at radius 1 is 1.14 bits per heavy atom. The summed E-state index contributed by atoms with van der Waals surface area (Å²) in [5.41, 5.74) is 7.84. The fourth-order valence-electron chi connectivity index (χ4n) is 4.09. The molecule has 0 bridgehead atoms. The Morgan fingerprint density at radius 2 is 2.04 bits per heavy atom. The molecule has 4 heterocycles. The SMILES string of the molecule is CCCc1ncc2c(n1)CCN(Cc1cc(C)n(Cc3cccnc3)c1C)C2. The van der Waals surface area contributed by atoms with Crippen molar-refractivity contribution in [3.05, 3.63) is 76.4 Å². The zero-order chi connectivity index (χ0) is 19.5. The van der Waals surface area contributed by atoms with Gasteiger partial charge < -0.3 is 4.57 Å². The minimum absolute atomic E-state index is 0.877. The van der Waals surface area contributed by atoms with Gasteiger partial charge in [-0.1, -0.05) is 13.0 Å². The molecule has 1 aliphatic rings. The highest BCUT2D eigenvalue weighted by molar-refractivity contribution is 5.29. The second-order valence-electron chi connectivity index (χ2n) is 7.81. The van der Waals surface area contributed by atoms with Crippen molar-refractivity contribution in [2.75, 3.05) is 6.54 Å².